The zero-order valence-corrected chi connectivity index (χ0v) is 12.8. The first-order valence-corrected chi connectivity index (χ1v) is 7.25. The van der Waals surface area contributed by atoms with E-state index in [1.165, 1.54) is 18.5 Å². The molecule has 0 spiro atoms. The van der Waals surface area contributed by atoms with Crippen LogP contribution in [0.4, 0.5) is 10.2 Å². The molecule has 0 aliphatic rings. The molecule has 3 aromatic rings. The lowest BCUT2D eigenvalue weighted by atomic mass is 10.2. The van der Waals surface area contributed by atoms with Crippen molar-refractivity contribution in [3.05, 3.63) is 42.1 Å². The van der Waals surface area contributed by atoms with E-state index < -0.39 is 0 Å². The van der Waals surface area contributed by atoms with Crippen molar-refractivity contribution >= 4 is 16.7 Å². The van der Waals surface area contributed by atoms with Crippen molar-refractivity contribution in [1.29, 1.82) is 0 Å². The van der Waals surface area contributed by atoms with Gasteiger partial charge in [-0.3, -0.25) is 0 Å². The molecule has 1 N–H and O–H groups in total. The lowest BCUT2D eigenvalue weighted by Gasteiger charge is -2.06. The minimum absolute atomic E-state index is 0.230. The molecule has 120 valence electrons. The maximum absolute atomic E-state index is 13.4. The van der Waals surface area contributed by atoms with Crippen LogP contribution in [0.3, 0.4) is 0 Å². The number of hydrogen-bond acceptors (Lipinski definition) is 7. The van der Waals surface area contributed by atoms with E-state index in [9.17, 15) is 4.39 Å². The summed E-state index contributed by atoms with van der Waals surface area (Å²) in [5, 5.41) is 7.53. The normalized spacial score (nSPS) is 12.5. The van der Waals surface area contributed by atoms with Gasteiger partial charge in [-0.1, -0.05) is 5.16 Å². The van der Waals surface area contributed by atoms with Gasteiger partial charge in [0, 0.05) is 12.0 Å². The third-order valence-electron chi connectivity index (χ3n) is 3.27. The first-order valence-electron chi connectivity index (χ1n) is 7.25. The lowest BCUT2D eigenvalue weighted by Crippen LogP contribution is -2.04. The van der Waals surface area contributed by atoms with E-state index in [1.54, 1.807) is 6.07 Å². The van der Waals surface area contributed by atoms with E-state index >= 15 is 0 Å². The molecular formula is C15H16FN5O2. The van der Waals surface area contributed by atoms with E-state index in [0.29, 0.717) is 35.0 Å². The van der Waals surface area contributed by atoms with E-state index in [1.807, 2.05) is 13.8 Å². The van der Waals surface area contributed by atoms with Gasteiger partial charge in [-0.05, 0) is 32.0 Å². The van der Waals surface area contributed by atoms with Gasteiger partial charge in [0.15, 0.2) is 5.82 Å². The fraction of sp³-hybridized carbons (Fsp3) is 0.333. The molecule has 0 saturated carbocycles. The van der Waals surface area contributed by atoms with E-state index in [2.05, 4.69) is 25.4 Å². The van der Waals surface area contributed by atoms with Gasteiger partial charge in [-0.15, -0.1) is 0 Å². The average Bonchev–Trinajstić information content (AvgIpc) is 3.02. The highest BCUT2D eigenvalue weighted by Gasteiger charge is 2.14. The Balaban J connectivity index is 1.75. The molecule has 0 amide bonds. The molecule has 23 heavy (non-hydrogen) atoms. The number of rotatable bonds is 6. The van der Waals surface area contributed by atoms with Crippen LogP contribution in [0, 0.1) is 5.82 Å². The Hall–Kier alpha value is -2.61. The van der Waals surface area contributed by atoms with Crippen molar-refractivity contribution in [2.75, 3.05) is 11.9 Å². The summed E-state index contributed by atoms with van der Waals surface area (Å²) in [5.74, 6) is 1.05. The summed E-state index contributed by atoms with van der Waals surface area (Å²) in [7, 11) is 0. The molecule has 1 aromatic carbocycles. The van der Waals surface area contributed by atoms with Gasteiger partial charge in [0.2, 0.25) is 5.89 Å². The van der Waals surface area contributed by atoms with Gasteiger partial charge in [0.1, 0.15) is 24.1 Å². The Morgan fingerprint density at radius 1 is 1.35 bits per heavy atom. The Morgan fingerprint density at radius 3 is 3.04 bits per heavy atom. The minimum atomic E-state index is -0.346. The molecule has 0 aliphatic carbocycles. The Bertz CT molecular complexity index is 807. The Morgan fingerprint density at radius 2 is 2.22 bits per heavy atom. The van der Waals surface area contributed by atoms with Crippen LogP contribution in [0.15, 0.2) is 29.0 Å². The minimum Gasteiger partial charge on any atom is -0.371 e. The van der Waals surface area contributed by atoms with Gasteiger partial charge < -0.3 is 14.6 Å². The Labute approximate surface area is 131 Å². The third kappa shape index (κ3) is 3.42. The number of nitrogens with zero attached hydrogens (tertiary/aromatic N) is 4. The third-order valence-corrected chi connectivity index (χ3v) is 3.27. The van der Waals surface area contributed by atoms with Crippen LogP contribution < -0.4 is 5.32 Å². The molecule has 3 rings (SSSR count). The van der Waals surface area contributed by atoms with Crippen LogP contribution in [0.1, 0.15) is 31.7 Å². The van der Waals surface area contributed by atoms with Crippen LogP contribution in [-0.4, -0.2) is 26.7 Å². The number of fused-ring (bicyclic) bond motifs is 1. The van der Waals surface area contributed by atoms with E-state index in [0.717, 1.165) is 0 Å². The first-order chi connectivity index (χ1) is 11.2. The smallest absolute Gasteiger partial charge is 0.246 e. The highest BCUT2D eigenvalue weighted by molar-refractivity contribution is 5.88. The summed E-state index contributed by atoms with van der Waals surface area (Å²) in [6, 6.07) is 4.35. The largest absolute Gasteiger partial charge is 0.371 e. The van der Waals surface area contributed by atoms with Crippen LogP contribution >= 0.6 is 0 Å². The van der Waals surface area contributed by atoms with Crippen LogP contribution in [0.2, 0.25) is 0 Å². The lowest BCUT2D eigenvalue weighted by molar-refractivity contribution is 0.0683. The number of hydrogen-bond donors (Lipinski definition) is 1. The Kier molecular flexibility index (Phi) is 4.42. The summed E-state index contributed by atoms with van der Waals surface area (Å²) >= 11 is 0. The molecule has 0 radical (unpaired) electrons. The predicted molar refractivity (Wildman–Crippen MR) is 81.2 cm³/mol. The number of nitrogens with one attached hydrogen (secondary N) is 1. The van der Waals surface area contributed by atoms with Crippen molar-refractivity contribution in [1.82, 2.24) is 20.1 Å². The SMILES string of the molecule is CCOC(C)c1noc(CNc2ncnc3ccc(F)cc23)n1. The molecule has 2 heterocycles. The second-order valence-electron chi connectivity index (χ2n) is 4.88. The zero-order valence-electron chi connectivity index (χ0n) is 12.8. The second kappa shape index (κ2) is 6.66. The molecule has 8 heteroatoms. The van der Waals surface area contributed by atoms with Crippen molar-refractivity contribution in [2.45, 2.75) is 26.5 Å². The number of anilines is 1. The highest BCUT2D eigenvalue weighted by atomic mass is 19.1. The summed E-state index contributed by atoms with van der Waals surface area (Å²) in [5.41, 5.74) is 0.653. The quantitative estimate of drug-likeness (QED) is 0.748. The maximum atomic E-state index is 13.4. The second-order valence-corrected chi connectivity index (χ2v) is 4.88. The first kappa shape index (κ1) is 15.3. The summed E-state index contributed by atoms with van der Waals surface area (Å²) in [6.07, 6.45) is 1.19. The standard InChI is InChI=1S/C15H16FN5O2/c1-3-22-9(2)14-20-13(23-21-14)7-17-15-11-6-10(16)4-5-12(11)18-8-19-15/h4-6,8-9H,3,7H2,1-2H3,(H,17,18,19). The topological polar surface area (TPSA) is 86.0 Å². The summed E-state index contributed by atoms with van der Waals surface area (Å²) < 4.78 is 24.0. The number of aromatic nitrogens is 4. The number of halogens is 1. The van der Waals surface area contributed by atoms with Gasteiger partial charge in [-0.25, -0.2) is 14.4 Å². The van der Waals surface area contributed by atoms with Crippen LogP contribution in [-0.2, 0) is 11.3 Å². The van der Waals surface area contributed by atoms with Crippen molar-refractivity contribution in [3.63, 3.8) is 0 Å². The van der Waals surface area contributed by atoms with E-state index in [-0.39, 0.29) is 18.5 Å². The summed E-state index contributed by atoms with van der Waals surface area (Å²) in [6.45, 7) is 4.60. The molecule has 7 nitrogen and oxygen atoms in total. The fourth-order valence-corrected chi connectivity index (χ4v) is 2.16. The monoisotopic (exact) mass is 317 g/mol. The fourth-order valence-electron chi connectivity index (χ4n) is 2.16. The zero-order chi connectivity index (χ0) is 16.2. The van der Waals surface area contributed by atoms with Crippen LogP contribution in [0.25, 0.3) is 10.9 Å². The highest BCUT2D eigenvalue weighted by Crippen LogP contribution is 2.21. The van der Waals surface area contributed by atoms with Gasteiger partial charge in [0.25, 0.3) is 0 Å². The van der Waals surface area contributed by atoms with Gasteiger partial charge in [0.05, 0.1) is 12.1 Å². The number of benzene rings is 1. The van der Waals surface area contributed by atoms with Gasteiger partial charge in [-0.2, -0.15) is 4.98 Å². The molecular weight excluding hydrogens is 301 g/mol. The molecule has 0 bridgehead atoms. The van der Waals surface area contributed by atoms with Crippen molar-refractivity contribution < 1.29 is 13.7 Å². The summed E-state index contributed by atoms with van der Waals surface area (Å²) in [4.78, 5) is 12.5. The van der Waals surface area contributed by atoms with Crippen molar-refractivity contribution in [2.24, 2.45) is 0 Å². The molecule has 0 aliphatic heterocycles. The average molecular weight is 317 g/mol. The number of ether oxygens (including phenoxy) is 1. The molecule has 0 saturated heterocycles. The van der Waals surface area contributed by atoms with Crippen LogP contribution in [0.5, 0.6) is 0 Å². The maximum Gasteiger partial charge on any atom is 0.246 e. The predicted octanol–water partition coefficient (Wildman–Crippen LogP) is 2.86. The molecule has 2 aromatic heterocycles. The molecule has 0 fully saturated rings. The molecule has 1 atom stereocenters. The van der Waals surface area contributed by atoms with Gasteiger partial charge >= 0.3 is 0 Å². The van der Waals surface area contributed by atoms with Crippen molar-refractivity contribution in [3.8, 4) is 0 Å². The molecule has 1 unspecified atom stereocenters. The van der Waals surface area contributed by atoms with E-state index in [4.69, 9.17) is 9.26 Å².